The Hall–Kier alpha value is -2.08. The summed E-state index contributed by atoms with van der Waals surface area (Å²) in [7, 11) is 0. The maximum atomic E-state index is 13.8. The molecule has 184 valence electrons. The van der Waals surface area contributed by atoms with Gasteiger partial charge in [0.1, 0.15) is 11.4 Å². The number of pyridine rings is 1. The molecule has 2 aliphatic rings. The number of Topliss-reactive ketones (excluding diaryl/α,β-unsaturated/α-hetero) is 1. The summed E-state index contributed by atoms with van der Waals surface area (Å²) in [6.45, 7) is 9.13. The lowest BCUT2D eigenvalue weighted by Crippen LogP contribution is -2.57. The van der Waals surface area contributed by atoms with Crippen LogP contribution in [-0.4, -0.2) is 55.8 Å². The number of alkyl halides is 3. The van der Waals surface area contributed by atoms with Crippen molar-refractivity contribution in [1.29, 1.82) is 0 Å². The van der Waals surface area contributed by atoms with Crippen molar-refractivity contribution in [2.45, 2.75) is 62.2 Å². The minimum Gasteiger partial charge on any atom is -0.489 e. The third-order valence-corrected chi connectivity index (χ3v) is 7.09. The predicted molar refractivity (Wildman–Crippen MR) is 132 cm³/mol. The first-order valence-corrected chi connectivity index (χ1v) is 12.5. The van der Waals surface area contributed by atoms with Crippen LogP contribution in [0.2, 0.25) is 0 Å². The van der Waals surface area contributed by atoms with E-state index in [4.69, 9.17) is 4.74 Å². The van der Waals surface area contributed by atoms with Crippen molar-refractivity contribution in [2.24, 2.45) is 0 Å². The first kappa shape index (κ1) is 25.0. The third kappa shape index (κ3) is 4.58. The number of likely N-dealkylation sites (tertiary alicyclic amines) is 1. The second kappa shape index (κ2) is 9.18. The highest BCUT2D eigenvalue weighted by Crippen LogP contribution is 2.40. The van der Waals surface area contributed by atoms with Crippen molar-refractivity contribution >= 4 is 34.3 Å². The summed E-state index contributed by atoms with van der Waals surface area (Å²) in [5, 5.41) is 3.57. The fourth-order valence-electron chi connectivity index (χ4n) is 4.90. The Balaban J connectivity index is 1.52. The van der Waals surface area contributed by atoms with Crippen LogP contribution in [0.3, 0.4) is 0 Å². The molecule has 0 radical (unpaired) electrons. The zero-order chi connectivity index (χ0) is 24.8. The number of ketones is 1. The summed E-state index contributed by atoms with van der Waals surface area (Å²) in [5.74, 6) is -0.663. The van der Waals surface area contributed by atoms with Gasteiger partial charge in [-0.1, -0.05) is 0 Å². The van der Waals surface area contributed by atoms with Crippen LogP contribution in [0.4, 0.5) is 8.78 Å². The van der Waals surface area contributed by atoms with E-state index in [1.54, 1.807) is 27.7 Å². The average molecular weight is 586 g/mol. The number of hydrogen-bond donors (Lipinski definition) is 1. The number of halogens is 3. The van der Waals surface area contributed by atoms with Gasteiger partial charge < -0.3 is 19.5 Å². The minimum absolute atomic E-state index is 0.0175. The highest BCUT2D eigenvalue weighted by molar-refractivity contribution is 14.1. The van der Waals surface area contributed by atoms with E-state index in [0.717, 1.165) is 28.3 Å². The van der Waals surface area contributed by atoms with Crippen molar-refractivity contribution in [2.75, 3.05) is 19.6 Å². The van der Waals surface area contributed by atoms with E-state index in [1.165, 1.54) is 6.07 Å². The second-order valence-corrected chi connectivity index (χ2v) is 10.7. The Labute approximate surface area is 211 Å². The second-order valence-electron chi connectivity index (χ2n) is 9.35. The summed E-state index contributed by atoms with van der Waals surface area (Å²) in [5.41, 5.74) is 1.42. The molecule has 0 aromatic carbocycles. The van der Waals surface area contributed by atoms with E-state index in [1.807, 2.05) is 27.7 Å². The molecule has 10 heteroatoms. The highest BCUT2D eigenvalue weighted by Gasteiger charge is 2.46. The first-order chi connectivity index (χ1) is 15.9. The number of amides is 1. The molecule has 2 aromatic rings. The predicted octanol–water partition coefficient (Wildman–Crippen LogP) is 4.48. The summed E-state index contributed by atoms with van der Waals surface area (Å²) >= 11 is 0.887. The van der Waals surface area contributed by atoms with Crippen LogP contribution in [0.15, 0.2) is 24.3 Å². The Morgan fingerprint density at radius 1 is 1.24 bits per heavy atom. The molecule has 1 unspecified atom stereocenters. The van der Waals surface area contributed by atoms with Crippen molar-refractivity contribution in [1.82, 2.24) is 19.8 Å². The van der Waals surface area contributed by atoms with Crippen molar-refractivity contribution < 1.29 is 23.1 Å². The quantitative estimate of drug-likeness (QED) is 0.318. The average Bonchev–Trinajstić information content (AvgIpc) is 3.23. The number of carbonyl (C=O) groups is 2. The molecule has 2 aromatic heterocycles. The number of nitrogens with zero attached hydrogens (tertiary/aromatic N) is 3. The summed E-state index contributed by atoms with van der Waals surface area (Å²) in [6, 6.07) is 6.60. The van der Waals surface area contributed by atoms with Crippen LogP contribution in [-0.2, 0) is 5.54 Å². The molecular weight excluding hydrogens is 557 g/mol. The van der Waals surface area contributed by atoms with Gasteiger partial charge in [-0.25, -0.2) is 4.98 Å². The highest BCUT2D eigenvalue weighted by atomic mass is 127. The minimum atomic E-state index is -3.46. The molecule has 7 nitrogen and oxygen atoms in total. The first-order valence-electron chi connectivity index (χ1n) is 11.4. The van der Waals surface area contributed by atoms with Gasteiger partial charge in [0.05, 0.1) is 23.0 Å². The molecule has 1 atom stereocenters. The molecule has 0 bridgehead atoms. The van der Waals surface area contributed by atoms with Gasteiger partial charge in [-0.15, -0.1) is 0 Å². The Morgan fingerprint density at radius 2 is 1.91 bits per heavy atom. The number of aryl methyl sites for hydroxylation is 1. The Bertz CT molecular complexity index is 1100. The summed E-state index contributed by atoms with van der Waals surface area (Å²) < 4.78 is 31.6. The van der Waals surface area contributed by atoms with Crippen LogP contribution >= 0.6 is 22.6 Å². The number of piperidine rings is 1. The van der Waals surface area contributed by atoms with Gasteiger partial charge in [-0.2, -0.15) is 8.78 Å². The van der Waals surface area contributed by atoms with E-state index < -0.39 is 15.3 Å². The van der Waals surface area contributed by atoms with Gasteiger partial charge in [0.25, 0.3) is 11.7 Å². The summed E-state index contributed by atoms with van der Waals surface area (Å²) in [6.07, 6.45) is 1.23. The van der Waals surface area contributed by atoms with Crippen LogP contribution < -0.4 is 10.1 Å². The largest absolute Gasteiger partial charge is 0.489 e. The fourth-order valence-corrected chi connectivity index (χ4v) is 5.18. The zero-order valence-corrected chi connectivity index (χ0v) is 21.9. The van der Waals surface area contributed by atoms with Crippen LogP contribution in [0.25, 0.3) is 0 Å². The van der Waals surface area contributed by atoms with Crippen molar-refractivity contribution in [3.63, 3.8) is 0 Å². The van der Waals surface area contributed by atoms with E-state index in [-0.39, 0.29) is 23.7 Å². The Kier molecular flexibility index (Phi) is 6.75. The molecule has 4 rings (SSSR count). The number of fused-ring (bicyclic) bond motifs is 2. The molecule has 34 heavy (non-hydrogen) atoms. The van der Waals surface area contributed by atoms with Gasteiger partial charge >= 0.3 is 3.93 Å². The van der Waals surface area contributed by atoms with E-state index in [2.05, 4.69) is 10.3 Å². The molecule has 1 spiro atoms. The van der Waals surface area contributed by atoms with Gasteiger partial charge in [0.2, 0.25) is 0 Å². The van der Waals surface area contributed by atoms with Gasteiger partial charge in [0.15, 0.2) is 0 Å². The van der Waals surface area contributed by atoms with E-state index in [0.29, 0.717) is 49.6 Å². The fraction of sp³-hybridized carbons (Fsp3) is 0.542. The van der Waals surface area contributed by atoms with Gasteiger partial charge in [0, 0.05) is 54.0 Å². The zero-order valence-electron chi connectivity index (χ0n) is 19.7. The molecule has 1 saturated heterocycles. The van der Waals surface area contributed by atoms with Gasteiger partial charge in [-0.05, 0) is 64.8 Å². The Morgan fingerprint density at radius 3 is 2.50 bits per heavy atom. The lowest BCUT2D eigenvalue weighted by molar-refractivity contribution is 0.0576. The monoisotopic (exact) mass is 586 g/mol. The van der Waals surface area contributed by atoms with Gasteiger partial charge in [-0.3, -0.25) is 9.59 Å². The van der Waals surface area contributed by atoms with Crippen LogP contribution in [0.1, 0.15) is 72.0 Å². The topological polar surface area (TPSA) is 76.5 Å². The van der Waals surface area contributed by atoms with Crippen LogP contribution in [0, 0.1) is 6.92 Å². The van der Waals surface area contributed by atoms with E-state index >= 15 is 0 Å². The molecule has 0 saturated carbocycles. The number of carbonyl (C=O) groups excluding carboxylic acids is 2. The molecule has 1 N–H and O–H groups in total. The SMILES string of the molecule is Cc1nc(C(=O)N2CCC3(CC2)NCC(C)n2c(C(=O)C(F)(F)I)ccc23)ccc1OC(C)C. The number of hydrogen-bond acceptors (Lipinski definition) is 5. The maximum Gasteiger partial charge on any atom is 0.359 e. The number of aromatic nitrogens is 2. The number of rotatable bonds is 5. The molecule has 2 aliphatic heterocycles. The standard InChI is InChI=1S/C24H29F2IN4O3/c1-14(2)34-19-7-5-17(29-16(19)4)22(33)30-11-9-23(10-12-30)20-8-6-18(21(32)24(25,26)27)31(20)15(3)13-28-23/h5-8,14-15,28H,9-13H2,1-4H3. The normalized spacial score (nSPS) is 19.9. The molecule has 4 heterocycles. The molecule has 1 fully saturated rings. The molecule has 0 aliphatic carbocycles. The lowest BCUT2D eigenvalue weighted by Gasteiger charge is -2.47. The molecule has 1 amide bonds. The van der Waals surface area contributed by atoms with E-state index in [9.17, 15) is 18.4 Å². The third-order valence-electron chi connectivity index (χ3n) is 6.60. The smallest absolute Gasteiger partial charge is 0.359 e. The van der Waals surface area contributed by atoms with Crippen LogP contribution in [0.5, 0.6) is 5.75 Å². The number of ether oxygens (including phenoxy) is 1. The summed E-state index contributed by atoms with van der Waals surface area (Å²) in [4.78, 5) is 31.7. The van der Waals surface area contributed by atoms with Crippen molar-refractivity contribution in [3.05, 3.63) is 47.0 Å². The maximum absolute atomic E-state index is 13.8. The lowest BCUT2D eigenvalue weighted by atomic mass is 9.82. The number of nitrogens with one attached hydrogen (secondary N) is 1. The molecular formula is C24H29F2IN4O3. The van der Waals surface area contributed by atoms with Crippen molar-refractivity contribution in [3.8, 4) is 5.75 Å².